The Morgan fingerprint density at radius 2 is 1.94 bits per heavy atom. The first-order valence-corrected chi connectivity index (χ1v) is 6.10. The van der Waals surface area contributed by atoms with Crippen LogP contribution in [0.3, 0.4) is 0 Å². The predicted octanol–water partition coefficient (Wildman–Crippen LogP) is 3.18. The van der Waals surface area contributed by atoms with Crippen molar-refractivity contribution in [3.63, 3.8) is 0 Å². The van der Waals surface area contributed by atoms with Gasteiger partial charge in [-0.25, -0.2) is 0 Å². The first kappa shape index (κ1) is 12.6. The lowest BCUT2D eigenvalue weighted by molar-refractivity contribution is 0.781. The van der Waals surface area contributed by atoms with E-state index in [-0.39, 0.29) is 6.04 Å². The van der Waals surface area contributed by atoms with Gasteiger partial charge in [-0.3, -0.25) is 4.98 Å². The van der Waals surface area contributed by atoms with Crippen LogP contribution in [0.15, 0.2) is 42.6 Å². The van der Waals surface area contributed by atoms with Crippen molar-refractivity contribution in [3.8, 4) is 0 Å². The second-order valence-electron chi connectivity index (χ2n) is 4.63. The number of aryl methyl sites for hydroxylation is 1. The maximum absolute atomic E-state index is 5.79. The average molecular weight is 241 g/mol. The number of hydrogen-bond acceptors (Lipinski definition) is 3. The van der Waals surface area contributed by atoms with Crippen LogP contribution in [0.5, 0.6) is 0 Å². The summed E-state index contributed by atoms with van der Waals surface area (Å²) in [6, 6.07) is 12.4. The van der Waals surface area contributed by atoms with Crippen molar-refractivity contribution in [2.24, 2.45) is 5.73 Å². The number of hydrogen-bond donors (Lipinski definition) is 1. The van der Waals surface area contributed by atoms with Gasteiger partial charge in [0, 0.05) is 18.8 Å². The van der Waals surface area contributed by atoms with Crippen molar-refractivity contribution in [1.29, 1.82) is 0 Å². The lowest BCUT2D eigenvalue weighted by Gasteiger charge is -2.20. The van der Waals surface area contributed by atoms with Gasteiger partial charge in [0.2, 0.25) is 0 Å². The minimum absolute atomic E-state index is 0.0247. The van der Waals surface area contributed by atoms with Crippen LogP contribution in [0, 0.1) is 6.92 Å². The van der Waals surface area contributed by atoms with Crippen molar-refractivity contribution >= 4 is 11.4 Å². The van der Waals surface area contributed by atoms with E-state index in [0.29, 0.717) is 0 Å². The van der Waals surface area contributed by atoms with Gasteiger partial charge < -0.3 is 10.6 Å². The molecule has 2 rings (SSSR count). The minimum Gasteiger partial charge on any atom is -0.343 e. The van der Waals surface area contributed by atoms with Crippen LogP contribution >= 0.6 is 0 Å². The second-order valence-corrected chi connectivity index (χ2v) is 4.63. The van der Waals surface area contributed by atoms with E-state index in [1.54, 1.807) is 0 Å². The Labute approximate surface area is 108 Å². The number of anilines is 2. The molecule has 1 aromatic carbocycles. The fourth-order valence-corrected chi connectivity index (χ4v) is 1.85. The Kier molecular flexibility index (Phi) is 3.63. The highest BCUT2D eigenvalue weighted by atomic mass is 15.1. The average Bonchev–Trinajstić information content (AvgIpc) is 2.38. The SMILES string of the molecule is Cc1cccc(N(C)c2ccc([C@H](C)N)nc2)c1. The quantitative estimate of drug-likeness (QED) is 0.897. The molecular weight excluding hydrogens is 222 g/mol. The number of rotatable bonds is 3. The van der Waals surface area contributed by atoms with Gasteiger partial charge in [0.25, 0.3) is 0 Å². The summed E-state index contributed by atoms with van der Waals surface area (Å²) in [5, 5.41) is 0. The maximum Gasteiger partial charge on any atom is 0.0594 e. The molecule has 0 radical (unpaired) electrons. The number of nitrogens with zero attached hydrogens (tertiary/aromatic N) is 2. The summed E-state index contributed by atoms with van der Waals surface area (Å²) in [5.74, 6) is 0. The van der Waals surface area contributed by atoms with Gasteiger partial charge in [0.1, 0.15) is 0 Å². The van der Waals surface area contributed by atoms with E-state index in [1.165, 1.54) is 5.56 Å². The third-order valence-corrected chi connectivity index (χ3v) is 3.01. The first-order chi connectivity index (χ1) is 8.58. The van der Waals surface area contributed by atoms with Crippen molar-refractivity contribution in [3.05, 3.63) is 53.9 Å². The van der Waals surface area contributed by atoms with Gasteiger partial charge in [0.15, 0.2) is 0 Å². The maximum atomic E-state index is 5.79. The molecule has 94 valence electrons. The Morgan fingerprint density at radius 3 is 2.50 bits per heavy atom. The zero-order valence-electron chi connectivity index (χ0n) is 11.1. The highest BCUT2D eigenvalue weighted by Gasteiger charge is 2.06. The molecule has 2 N–H and O–H groups in total. The molecule has 0 bridgehead atoms. The molecule has 0 saturated carbocycles. The molecule has 1 atom stereocenters. The molecule has 0 aliphatic rings. The van der Waals surface area contributed by atoms with E-state index in [9.17, 15) is 0 Å². The molecule has 0 saturated heterocycles. The Hall–Kier alpha value is -1.87. The number of aromatic nitrogens is 1. The summed E-state index contributed by atoms with van der Waals surface area (Å²) in [4.78, 5) is 6.50. The summed E-state index contributed by atoms with van der Waals surface area (Å²) in [7, 11) is 2.04. The fraction of sp³-hybridized carbons (Fsp3) is 0.267. The van der Waals surface area contributed by atoms with Gasteiger partial charge >= 0.3 is 0 Å². The van der Waals surface area contributed by atoms with E-state index in [4.69, 9.17) is 5.73 Å². The number of pyridine rings is 1. The lowest BCUT2D eigenvalue weighted by Crippen LogP contribution is -2.11. The highest BCUT2D eigenvalue weighted by molar-refractivity contribution is 5.62. The molecule has 1 heterocycles. The van der Waals surface area contributed by atoms with Crippen LogP contribution in [-0.4, -0.2) is 12.0 Å². The third kappa shape index (κ3) is 2.68. The lowest BCUT2D eigenvalue weighted by atomic mass is 10.2. The molecule has 3 heteroatoms. The smallest absolute Gasteiger partial charge is 0.0594 e. The van der Waals surface area contributed by atoms with Crippen molar-refractivity contribution in [2.45, 2.75) is 19.9 Å². The van der Waals surface area contributed by atoms with Gasteiger partial charge in [-0.2, -0.15) is 0 Å². The van der Waals surface area contributed by atoms with Gasteiger partial charge in [-0.1, -0.05) is 12.1 Å². The zero-order valence-corrected chi connectivity index (χ0v) is 11.1. The Bertz CT molecular complexity index is 518. The normalized spacial score (nSPS) is 12.2. The number of benzene rings is 1. The topological polar surface area (TPSA) is 42.1 Å². The van der Waals surface area contributed by atoms with Crippen LogP contribution in [0.4, 0.5) is 11.4 Å². The highest BCUT2D eigenvalue weighted by Crippen LogP contribution is 2.24. The van der Waals surface area contributed by atoms with Crippen LogP contribution in [0.1, 0.15) is 24.2 Å². The van der Waals surface area contributed by atoms with Gasteiger partial charge in [-0.15, -0.1) is 0 Å². The summed E-state index contributed by atoms with van der Waals surface area (Å²) in [5.41, 5.74) is 10.2. The summed E-state index contributed by atoms with van der Waals surface area (Å²) < 4.78 is 0. The molecule has 18 heavy (non-hydrogen) atoms. The van der Waals surface area contributed by atoms with E-state index in [2.05, 4.69) is 41.1 Å². The minimum atomic E-state index is -0.0247. The molecule has 0 amide bonds. The zero-order chi connectivity index (χ0) is 13.1. The summed E-state index contributed by atoms with van der Waals surface area (Å²) in [6.07, 6.45) is 1.86. The molecular formula is C15H19N3. The Morgan fingerprint density at radius 1 is 1.17 bits per heavy atom. The van der Waals surface area contributed by atoms with Crippen LogP contribution in [-0.2, 0) is 0 Å². The van der Waals surface area contributed by atoms with Crippen LogP contribution < -0.4 is 10.6 Å². The molecule has 0 fully saturated rings. The van der Waals surface area contributed by atoms with Crippen molar-refractivity contribution in [1.82, 2.24) is 4.98 Å². The molecule has 0 aliphatic carbocycles. The summed E-state index contributed by atoms with van der Waals surface area (Å²) in [6.45, 7) is 4.03. The van der Waals surface area contributed by atoms with Crippen LogP contribution in [0.25, 0.3) is 0 Å². The van der Waals surface area contributed by atoms with E-state index in [1.807, 2.05) is 32.3 Å². The van der Waals surface area contributed by atoms with E-state index < -0.39 is 0 Å². The molecule has 0 aliphatic heterocycles. The van der Waals surface area contributed by atoms with Crippen molar-refractivity contribution in [2.75, 3.05) is 11.9 Å². The monoisotopic (exact) mass is 241 g/mol. The van der Waals surface area contributed by atoms with E-state index in [0.717, 1.165) is 17.1 Å². The fourth-order valence-electron chi connectivity index (χ4n) is 1.85. The summed E-state index contributed by atoms with van der Waals surface area (Å²) >= 11 is 0. The first-order valence-electron chi connectivity index (χ1n) is 6.10. The van der Waals surface area contributed by atoms with Gasteiger partial charge in [-0.05, 0) is 43.7 Å². The standard InChI is InChI=1S/C15H19N3/c1-11-5-4-6-13(9-11)18(3)14-7-8-15(12(2)16)17-10-14/h4-10,12H,16H2,1-3H3/t12-/m0/s1. The predicted molar refractivity (Wildman–Crippen MR) is 76.1 cm³/mol. The van der Waals surface area contributed by atoms with Gasteiger partial charge in [0.05, 0.1) is 17.6 Å². The molecule has 1 aromatic heterocycles. The van der Waals surface area contributed by atoms with E-state index >= 15 is 0 Å². The largest absolute Gasteiger partial charge is 0.343 e. The third-order valence-electron chi connectivity index (χ3n) is 3.01. The Balaban J connectivity index is 2.26. The van der Waals surface area contributed by atoms with Crippen LogP contribution in [0.2, 0.25) is 0 Å². The molecule has 2 aromatic rings. The van der Waals surface area contributed by atoms with Crippen molar-refractivity contribution < 1.29 is 0 Å². The number of nitrogens with two attached hydrogens (primary N) is 1. The molecule has 3 nitrogen and oxygen atoms in total. The molecule has 0 unspecified atom stereocenters. The molecule has 0 spiro atoms. The second kappa shape index (κ2) is 5.19.